The minimum atomic E-state index is -1.08. The molecule has 7 heteroatoms. The lowest BCUT2D eigenvalue weighted by atomic mass is 9.46. The van der Waals surface area contributed by atoms with Crippen molar-refractivity contribution >= 4 is 17.6 Å². The molecule has 0 saturated heterocycles. The quantitative estimate of drug-likeness (QED) is 0.559. The summed E-state index contributed by atoms with van der Waals surface area (Å²) in [5.41, 5.74) is 1.98. The number of carboxylic acids is 1. The van der Waals surface area contributed by atoms with Crippen LogP contribution < -0.4 is 5.32 Å². The van der Waals surface area contributed by atoms with Crippen LogP contribution in [0.5, 0.6) is 0 Å². The third-order valence-electron chi connectivity index (χ3n) is 9.66. The van der Waals surface area contributed by atoms with E-state index in [0.29, 0.717) is 17.8 Å². The molecule has 32 heavy (non-hydrogen) atoms. The molecule has 7 nitrogen and oxygen atoms in total. The average molecular weight is 447 g/mol. The van der Waals surface area contributed by atoms with Gasteiger partial charge in [0.1, 0.15) is 6.04 Å². The van der Waals surface area contributed by atoms with Gasteiger partial charge in [-0.1, -0.05) is 24.6 Å². The fourth-order valence-corrected chi connectivity index (χ4v) is 7.41. The molecule has 4 rings (SSSR count). The number of rotatable bonds is 5. The zero-order valence-electron chi connectivity index (χ0n) is 19.8. The van der Waals surface area contributed by atoms with Gasteiger partial charge in [0.2, 0.25) is 0 Å². The second-order valence-electron chi connectivity index (χ2n) is 11.3. The summed E-state index contributed by atoms with van der Waals surface area (Å²) in [5.74, 6) is 0.371. The van der Waals surface area contributed by atoms with E-state index in [2.05, 4.69) is 37.3 Å². The van der Waals surface area contributed by atoms with Crippen LogP contribution in [0.4, 0.5) is 0 Å². The third-order valence-corrected chi connectivity index (χ3v) is 9.66. The molecule has 0 aliphatic heterocycles. The van der Waals surface area contributed by atoms with Crippen LogP contribution in [0.3, 0.4) is 0 Å². The van der Waals surface area contributed by atoms with Gasteiger partial charge in [-0.3, -0.25) is 9.59 Å². The summed E-state index contributed by atoms with van der Waals surface area (Å²) in [4.78, 5) is 27.9. The molecule has 3 N–H and O–H groups in total. The minimum Gasteiger partial charge on any atom is -0.480 e. The summed E-state index contributed by atoms with van der Waals surface area (Å²) in [6.45, 7) is 7.92. The van der Waals surface area contributed by atoms with Gasteiger partial charge < -0.3 is 20.4 Å². The Kier molecular flexibility index (Phi) is 5.93. The van der Waals surface area contributed by atoms with Crippen molar-refractivity contribution in [1.82, 2.24) is 5.32 Å². The molecular formula is C25H38N2O5. The number of hydrogen-bond acceptors (Lipinski definition) is 5. The van der Waals surface area contributed by atoms with Crippen LogP contribution in [0.2, 0.25) is 0 Å². The maximum atomic E-state index is 11.8. The topological polar surface area (TPSA) is 108 Å². The van der Waals surface area contributed by atoms with E-state index >= 15 is 0 Å². The van der Waals surface area contributed by atoms with Crippen LogP contribution in [0.25, 0.3) is 0 Å². The zero-order valence-corrected chi connectivity index (χ0v) is 19.8. The smallest absolute Gasteiger partial charge is 0.325 e. The predicted molar refractivity (Wildman–Crippen MR) is 121 cm³/mol. The van der Waals surface area contributed by atoms with Gasteiger partial charge in [-0.15, -0.1) is 0 Å². The van der Waals surface area contributed by atoms with Crippen molar-refractivity contribution in [3.63, 3.8) is 0 Å². The molecule has 0 aromatic heterocycles. The molecular weight excluding hydrogens is 408 g/mol. The molecule has 0 unspecified atom stereocenters. The van der Waals surface area contributed by atoms with Crippen LogP contribution in [-0.2, 0) is 14.4 Å². The van der Waals surface area contributed by atoms with E-state index in [1.54, 1.807) is 0 Å². The Labute approximate surface area is 190 Å². The summed E-state index contributed by atoms with van der Waals surface area (Å²) in [7, 11) is 0. The van der Waals surface area contributed by atoms with Crippen molar-refractivity contribution < 1.29 is 24.6 Å². The molecule has 0 aromatic carbocycles. The first-order valence-corrected chi connectivity index (χ1v) is 12.1. The van der Waals surface area contributed by atoms with Gasteiger partial charge in [-0.25, -0.2) is 0 Å². The molecule has 3 saturated carbocycles. The van der Waals surface area contributed by atoms with Gasteiger partial charge in [0.25, 0.3) is 5.91 Å². The highest BCUT2D eigenvalue weighted by molar-refractivity contribution is 5.96. The van der Waals surface area contributed by atoms with Crippen molar-refractivity contribution in [2.45, 2.75) is 90.7 Å². The van der Waals surface area contributed by atoms with E-state index in [4.69, 9.17) is 9.94 Å². The number of nitrogens with zero attached hydrogens (tertiary/aromatic N) is 1. The summed E-state index contributed by atoms with van der Waals surface area (Å²) >= 11 is 0. The summed E-state index contributed by atoms with van der Waals surface area (Å²) < 4.78 is 0. The van der Waals surface area contributed by atoms with Gasteiger partial charge in [-0.05, 0) is 99.9 Å². The lowest BCUT2D eigenvalue weighted by Gasteiger charge is -2.59. The zero-order chi connectivity index (χ0) is 23.3. The second-order valence-corrected chi connectivity index (χ2v) is 11.3. The molecule has 7 atom stereocenters. The van der Waals surface area contributed by atoms with Gasteiger partial charge in [-0.2, -0.15) is 0 Å². The van der Waals surface area contributed by atoms with E-state index in [-0.39, 0.29) is 17.4 Å². The largest absolute Gasteiger partial charge is 0.480 e. The van der Waals surface area contributed by atoms with Crippen molar-refractivity contribution in [3.8, 4) is 0 Å². The third kappa shape index (κ3) is 3.76. The van der Waals surface area contributed by atoms with Gasteiger partial charge in [0.05, 0.1) is 11.3 Å². The van der Waals surface area contributed by atoms with Crippen LogP contribution in [0.1, 0.15) is 79.1 Å². The normalized spacial score (nSPS) is 42.8. The Bertz CT molecular complexity index is 849. The highest BCUT2D eigenvalue weighted by atomic mass is 16.6. The maximum absolute atomic E-state index is 11.8. The van der Waals surface area contributed by atoms with E-state index in [1.807, 2.05) is 0 Å². The van der Waals surface area contributed by atoms with Crippen molar-refractivity contribution in [2.24, 2.45) is 33.7 Å². The first-order chi connectivity index (χ1) is 15.0. The highest BCUT2D eigenvalue weighted by Gasteiger charge is 2.62. The van der Waals surface area contributed by atoms with E-state index in [9.17, 15) is 14.7 Å². The average Bonchev–Trinajstić information content (AvgIpc) is 2.97. The molecule has 0 aromatic rings. The van der Waals surface area contributed by atoms with Gasteiger partial charge >= 0.3 is 5.97 Å². The Morgan fingerprint density at radius 1 is 1.16 bits per heavy atom. The minimum absolute atomic E-state index is 0.0412. The second kappa shape index (κ2) is 8.15. The van der Waals surface area contributed by atoms with E-state index < -0.39 is 23.5 Å². The number of fused-ring (bicyclic) bond motifs is 5. The molecule has 178 valence electrons. The number of aliphatic carboxylic acids is 1. The summed E-state index contributed by atoms with van der Waals surface area (Å²) in [6, 6.07) is -0.952. The molecule has 4 aliphatic carbocycles. The number of aliphatic hydroxyl groups is 1. The van der Waals surface area contributed by atoms with E-state index in [0.717, 1.165) is 44.2 Å². The molecule has 0 radical (unpaired) electrons. The Balaban J connectivity index is 1.42. The van der Waals surface area contributed by atoms with E-state index in [1.165, 1.54) is 25.3 Å². The fourth-order valence-electron chi connectivity index (χ4n) is 7.41. The first-order valence-electron chi connectivity index (χ1n) is 12.1. The highest BCUT2D eigenvalue weighted by Crippen LogP contribution is 2.67. The number of carboxylic acid groups (broad SMARTS) is 1. The fraction of sp³-hybridized carbons (Fsp3) is 0.800. The molecule has 1 amide bonds. The standard InChI is InChI=1S/C25H38N2O5/c1-15(22(29)30)26-21(28)14-32-27-17-7-10-23(2)16(13-17)5-6-18-19(23)8-11-24(3)20(18)9-12-25(24,4)31/h13,15,18-20,31H,5-12,14H2,1-4H3,(H,26,28)(H,29,30)/b27-17-/t15-,18-,19+,20+,23+,24+,25+/m1/s1. The van der Waals surface area contributed by atoms with Gasteiger partial charge in [0.15, 0.2) is 6.61 Å². The predicted octanol–water partition coefficient (Wildman–Crippen LogP) is 3.66. The van der Waals surface area contributed by atoms with Crippen molar-refractivity contribution in [1.29, 1.82) is 0 Å². The molecule has 0 spiro atoms. The molecule has 3 fully saturated rings. The van der Waals surface area contributed by atoms with Crippen LogP contribution in [0.15, 0.2) is 16.8 Å². The number of carbonyl (C=O) groups is 2. The lowest BCUT2D eigenvalue weighted by molar-refractivity contribution is -0.142. The van der Waals surface area contributed by atoms with Crippen LogP contribution in [0, 0.1) is 28.6 Å². The molecule has 4 aliphatic rings. The van der Waals surface area contributed by atoms with Crippen LogP contribution in [-0.4, -0.2) is 46.1 Å². The number of carbonyl (C=O) groups excluding carboxylic acids is 1. The van der Waals surface area contributed by atoms with Gasteiger partial charge in [0, 0.05) is 0 Å². The monoisotopic (exact) mass is 446 g/mol. The Morgan fingerprint density at radius 2 is 1.88 bits per heavy atom. The number of amides is 1. The number of oxime groups is 1. The summed E-state index contributed by atoms with van der Waals surface area (Å²) in [6.07, 6.45) is 10.6. The molecule has 0 heterocycles. The SMILES string of the molecule is C[C@@H](NC(=O)CO/N=C1\C=C2CC[C@@H]3[C@H](CC[C@@]4(C)[C@H]3CC[C@]4(C)O)[C@@]2(C)CC1)C(=O)O. The van der Waals surface area contributed by atoms with Crippen molar-refractivity contribution in [2.75, 3.05) is 6.61 Å². The van der Waals surface area contributed by atoms with Crippen molar-refractivity contribution in [3.05, 3.63) is 11.6 Å². The maximum Gasteiger partial charge on any atom is 0.325 e. The Morgan fingerprint density at radius 3 is 2.59 bits per heavy atom. The van der Waals surface area contributed by atoms with Crippen LogP contribution >= 0.6 is 0 Å². The lowest BCUT2D eigenvalue weighted by Crippen LogP contribution is -2.53. The number of hydrogen-bond donors (Lipinski definition) is 3. The Hall–Kier alpha value is -1.89. The summed E-state index contributed by atoms with van der Waals surface area (Å²) in [5, 5.41) is 26.5. The number of allylic oxidation sites excluding steroid dienone is 2. The molecule has 0 bridgehead atoms. The first kappa shape index (κ1) is 23.3. The number of nitrogens with one attached hydrogen (secondary N) is 1.